The number of hydrogen-bond acceptors (Lipinski definition) is 1. The van der Waals surface area contributed by atoms with Crippen LogP contribution >= 0.6 is 0 Å². The van der Waals surface area contributed by atoms with Gasteiger partial charge in [-0.15, -0.1) is 0 Å². The summed E-state index contributed by atoms with van der Waals surface area (Å²) in [5, 5.41) is 5.06. The quantitative estimate of drug-likeness (QED) is 0.191. The van der Waals surface area contributed by atoms with Crippen LogP contribution in [-0.4, -0.2) is 9.13 Å². The van der Waals surface area contributed by atoms with Gasteiger partial charge in [0.1, 0.15) is 0 Å². The van der Waals surface area contributed by atoms with Crippen molar-refractivity contribution >= 4 is 43.6 Å². The number of benzene rings is 6. The number of hydrogen-bond donors (Lipinski definition) is 0. The molecular weight excluding hydrogens is 572 g/mol. The van der Waals surface area contributed by atoms with Gasteiger partial charge in [-0.2, -0.15) is 0 Å². The highest BCUT2D eigenvalue weighted by Crippen LogP contribution is 2.47. The topological polar surface area (TPSA) is 19.1 Å². The summed E-state index contributed by atoms with van der Waals surface area (Å²) in [6.45, 7) is 13.8. The van der Waals surface area contributed by atoms with Crippen molar-refractivity contribution in [2.75, 3.05) is 0 Å². The summed E-state index contributed by atoms with van der Waals surface area (Å²) in [5.74, 6) is 1.78. The molecule has 0 unspecified atom stereocenters. The van der Waals surface area contributed by atoms with E-state index in [-0.39, 0.29) is 10.8 Å². The van der Waals surface area contributed by atoms with Gasteiger partial charge < -0.3 is 13.9 Å². The Balaban J connectivity index is 1.25. The SMILES string of the molecule is CC(C)(C)c1ccc2c(c1)c1cc(C(C)(C)C)ccc1n2-c1ccc(-c2cccc3c4cccc5c4n(c23)-c2ccccc2O5)cc1. The molecule has 0 saturated heterocycles. The number of nitrogens with zero attached hydrogens (tertiary/aromatic N) is 2. The van der Waals surface area contributed by atoms with Crippen LogP contribution in [0.1, 0.15) is 52.7 Å². The molecule has 0 amide bonds. The molecule has 0 fully saturated rings. The molecule has 6 aromatic carbocycles. The highest BCUT2D eigenvalue weighted by molar-refractivity contribution is 6.16. The molecule has 8 aromatic rings. The summed E-state index contributed by atoms with van der Waals surface area (Å²) >= 11 is 0. The summed E-state index contributed by atoms with van der Waals surface area (Å²) in [5.41, 5.74) is 12.3. The Kier molecular flexibility index (Phi) is 5.73. The van der Waals surface area contributed by atoms with E-state index in [1.54, 1.807) is 0 Å². The fourth-order valence-electron chi connectivity index (χ4n) is 7.51. The van der Waals surface area contributed by atoms with Crippen molar-refractivity contribution in [3.63, 3.8) is 0 Å². The first kappa shape index (κ1) is 28.0. The third-order valence-corrected chi connectivity index (χ3v) is 10.0. The third-order valence-electron chi connectivity index (χ3n) is 10.0. The predicted octanol–water partition coefficient (Wildman–Crippen LogP) is 12.2. The molecule has 3 heterocycles. The lowest BCUT2D eigenvalue weighted by atomic mass is 9.85. The third kappa shape index (κ3) is 4.12. The summed E-state index contributed by atoms with van der Waals surface area (Å²) in [4.78, 5) is 0. The maximum Gasteiger partial charge on any atom is 0.152 e. The smallest absolute Gasteiger partial charge is 0.152 e. The van der Waals surface area contributed by atoms with Crippen LogP contribution in [0.15, 0.2) is 121 Å². The van der Waals surface area contributed by atoms with Crippen molar-refractivity contribution in [3.05, 3.63) is 132 Å². The summed E-state index contributed by atoms with van der Waals surface area (Å²) in [6.07, 6.45) is 0. The minimum atomic E-state index is 0.0727. The predicted molar refractivity (Wildman–Crippen MR) is 198 cm³/mol. The van der Waals surface area contributed by atoms with E-state index in [0.717, 1.165) is 28.4 Å². The molecule has 0 N–H and O–H groups in total. The van der Waals surface area contributed by atoms with E-state index < -0.39 is 0 Å². The van der Waals surface area contributed by atoms with Crippen LogP contribution in [0.5, 0.6) is 11.5 Å². The van der Waals surface area contributed by atoms with Gasteiger partial charge in [0.15, 0.2) is 11.5 Å². The average molecular weight is 611 g/mol. The van der Waals surface area contributed by atoms with Crippen molar-refractivity contribution in [2.24, 2.45) is 0 Å². The molecule has 1 aliphatic rings. The number of ether oxygens (including phenoxy) is 1. The first-order chi connectivity index (χ1) is 22.6. The summed E-state index contributed by atoms with van der Waals surface area (Å²) in [7, 11) is 0. The van der Waals surface area contributed by atoms with Gasteiger partial charge in [0, 0.05) is 32.8 Å². The van der Waals surface area contributed by atoms with Crippen molar-refractivity contribution in [2.45, 2.75) is 52.4 Å². The highest BCUT2D eigenvalue weighted by Gasteiger charge is 2.25. The van der Waals surface area contributed by atoms with Crippen LogP contribution in [0.3, 0.4) is 0 Å². The minimum absolute atomic E-state index is 0.0727. The van der Waals surface area contributed by atoms with Gasteiger partial charge in [-0.1, -0.05) is 108 Å². The monoisotopic (exact) mass is 610 g/mol. The Morgan fingerprint density at radius 3 is 1.68 bits per heavy atom. The van der Waals surface area contributed by atoms with Crippen molar-refractivity contribution in [1.82, 2.24) is 9.13 Å². The molecule has 1 aliphatic heterocycles. The van der Waals surface area contributed by atoms with Crippen LogP contribution in [0.2, 0.25) is 0 Å². The van der Waals surface area contributed by atoms with E-state index in [1.165, 1.54) is 60.3 Å². The lowest BCUT2D eigenvalue weighted by Gasteiger charge is -2.21. The Bertz CT molecular complexity index is 2480. The Labute approximate surface area is 275 Å². The van der Waals surface area contributed by atoms with Gasteiger partial charge in [-0.05, 0) is 82.1 Å². The van der Waals surface area contributed by atoms with Crippen LogP contribution in [0.4, 0.5) is 0 Å². The van der Waals surface area contributed by atoms with E-state index in [9.17, 15) is 0 Å². The van der Waals surface area contributed by atoms with E-state index in [0.29, 0.717) is 0 Å². The Hall–Kier alpha value is -5.28. The van der Waals surface area contributed by atoms with Gasteiger partial charge in [0.25, 0.3) is 0 Å². The Morgan fingerprint density at radius 2 is 1.04 bits per heavy atom. The molecule has 3 heteroatoms. The Morgan fingerprint density at radius 1 is 0.468 bits per heavy atom. The van der Waals surface area contributed by atoms with Gasteiger partial charge in [0.05, 0.1) is 27.8 Å². The lowest BCUT2D eigenvalue weighted by molar-refractivity contribution is 0.476. The van der Waals surface area contributed by atoms with Gasteiger partial charge >= 0.3 is 0 Å². The zero-order chi connectivity index (χ0) is 32.2. The van der Waals surface area contributed by atoms with Crippen molar-refractivity contribution in [1.29, 1.82) is 0 Å². The van der Waals surface area contributed by atoms with E-state index >= 15 is 0 Å². The molecule has 2 aromatic heterocycles. The fourth-order valence-corrected chi connectivity index (χ4v) is 7.51. The van der Waals surface area contributed by atoms with Crippen LogP contribution in [-0.2, 0) is 10.8 Å². The van der Waals surface area contributed by atoms with Gasteiger partial charge in [0.2, 0.25) is 0 Å². The van der Waals surface area contributed by atoms with Crippen LogP contribution in [0.25, 0.3) is 66.1 Å². The molecule has 9 rings (SSSR count). The molecule has 230 valence electrons. The fraction of sp³-hybridized carbons (Fsp3) is 0.182. The molecule has 0 atom stereocenters. The molecule has 0 spiro atoms. The van der Waals surface area contributed by atoms with E-state index in [2.05, 4.69) is 166 Å². The average Bonchev–Trinajstić information content (AvgIpc) is 3.58. The second kappa shape index (κ2) is 9.62. The largest absolute Gasteiger partial charge is 0.453 e. The maximum absolute atomic E-state index is 6.38. The van der Waals surface area contributed by atoms with E-state index in [4.69, 9.17) is 4.74 Å². The number of aromatic nitrogens is 2. The minimum Gasteiger partial charge on any atom is -0.453 e. The zero-order valence-electron chi connectivity index (χ0n) is 27.8. The zero-order valence-corrected chi connectivity index (χ0v) is 27.8. The van der Waals surface area contributed by atoms with Gasteiger partial charge in [-0.3, -0.25) is 0 Å². The van der Waals surface area contributed by atoms with Crippen LogP contribution in [0, 0.1) is 0 Å². The van der Waals surface area contributed by atoms with Gasteiger partial charge in [-0.25, -0.2) is 0 Å². The molecule has 0 radical (unpaired) electrons. The lowest BCUT2D eigenvalue weighted by Crippen LogP contribution is -2.10. The highest BCUT2D eigenvalue weighted by atomic mass is 16.5. The number of rotatable bonds is 2. The molecule has 0 bridgehead atoms. The molecule has 0 aliphatic carbocycles. The number of para-hydroxylation sites is 4. The molecule has 3 nitrogen and oxygen atoms in total. The second-order valence-electron chi connectivity index (χ2n) is 15.1. The normalized spacial score (nSPS) is 13.1. The molecule has 47 heavy (non-hydrogen) atoms. The maximum atomic E-state index is 6.38. The number of fused-ring (bicyclic) bond motifs is 8. The van der Waals surface area contributed by atoms with Crippen molar-refractivity contribution in [3.8, 4) is 34.0 Å². The van der Waals surface area contributed by atoms with E-state index in [1.807, 2.05) is 6.07 Å². The second-order valence-corrected chi connectivity index (χ2v) is 15.1. The first-order valence-corrected chi connectivity index (χ1v) is 16.6. The first-order valence-electron chi connectivity index (χ1n) is 16.6. The standard InChI is InChI=1S/C44H38N2O/c1-43(2,3)28-19-23-36-34(25-28)35-26-29(44(4,5)6)20-24-37(35)45(36)30-21-17-27(18-22-30)31-11-9-12-32-33-13-10-16-40-42(33)46(41(31)32)38-14-7-8-15-39(38)47-40/h7-26H,1-6H3. The van der Waals surface area contributed by atoms with Crippen LogP contribution < -0.4 is 4.74 Å². The summed E-state index contributed by atoms with van der Waals surface area (Å²) < 4.78 is 11.2. The molecular formula is C44H38N2O. The molecule has 0 saturated carbocycles. The summed E-state index contributed by atoms with van der Waals surface area (Å²) in [6, 6.07) is 44.6. The van der Waals surface area contributed by atoms with Crippen molar-refractivity contribution < 1.29 is 4.74 Å².